The van der Waals surface area contributed by atoms with Crippen molar-refractivity contribution in [1.29, 1.82) is 0 Å². The van der Waals surface area contributed by atoms with E-state index in [-0.39, 0.29) is 50.1 Å². The van der Waals surface area contributed by atoms with Gasteiger partial charge in [-0.25, -0.2) is 50.3 Å². The largest absolute Gasteiger partial charge is 0.465 e. The van der Waals surface area contributed by atoms with Crippen molar-refractivity contribution >= 4 is 79.1 Å². The number of aliphatic hydroxyl groups is 4. The molecule has 4 aromatic heterocycles. The maximum atomic E-state index is 14.5. The molecular formula is C57H95N13O19P2S. The van der Waals surface area contributed by atoms with E-state index in [1.165, 1.54) is 47.4 Å². The zero-order chi connectivity index (χ0) is 68.4. The van der Waals surface area contributed by atoms with E-state index in [9.17, 15) is 48.7 Å². The number of thioether (sulfide) groups is 1. The number of hydrogen-bond donors (Lipinski definition) is 8. The second-order valence-electron chi connectivity index (χ2n) is 24.1. The van der Waals surface area contributed by atoms with Crippen LogP contribution in [0.4, 0.5) is 5.82 Å². The van der Waals surface area contributed by atoms with Crippen molar-refractivity contribution in [2.24, 2.45) is 23.7 Å². The number of nitrogens with one attached hydrogen (secondary N) is 4. The Morgan fingerprint density at radius 1 is 0.598 bits per heavy atom. The first kappa shape index (κ1) is 76.1. The van der Waals surface area contributed by atoms with Gasteiger partial charge in [-0.15, -0.1) is 11.8 Å². The van der Waals surface area contributed by atoms with E-state index in [2.05, 4.69) is 55.2 Å². The normalized spacial score (nSPS) is 24.3. The van der Waals surface area contributed by atoms with Gasteiger partial charge in [0.15, 0.2) is 35.1 Å². The topological polar surface area (TPSA) is 405 Å². The average Bonchev–Trinajstić information content (AvgIpc) is 1.60. The minimum Gasteiger partial charge on any atom is -0.465 e. The molecule has 2 unspecified atom stereocenters. The molecule has 3 fully saturated rings. The molecule has 35 heteroatoms. The molecule has 7 heterocycles. The Morgan fingerprint density at radius 3 is 1.27 bits per heavy atom. The fourth-order valence-electron chi connectivity index (χ4n) is 10.4. The fraction of sp³-hybridized carbons (Fsp3) is 0.754. The van der Waals surface area contributed by atoms with Gasteiger partial charge >= 0.3 is 39.2 Å². The number of fused-ring (bicyclic) bond motifs is 2. The molecule has 0 amide bonds. The lowest BCUT2D eigenvalue weighted by molar-refractivity contribution is -0.147. The van der Waals surface area contributed by atoms with Crippen LogP contribution in [0.15, 0.2) is 17.7 Å². The van der Waals surface area contributed by atoms with E-state index in [0.29, 0.717) is 71.1 Å². The monoisotopic (exact) mass is 1360 g/mol. The Bertz CT molecular complexity index is 3170. The lowest BCUT2D eigenvalue weighted by atomic mass is 9.96. The number of ether oxygens (including phenoxy) is 7. The van der Waals surface area contributed by atoms with Crippen LogP contribution in [0.25, 0.3) is 22.3 Å². The molecule has 7 rings (SSSR count). The van der Waals surface area contributed by atoms with Crippen LogP contribution in [-0.2, 0) is 70.5 Å². The molecule has 3 aliphatic heterocycles. The van der Waals surface area contributed by atoms with Crippen LogP contribution in [-0.4, -0.2) is 215 Å². The first-order valence-corrected chi connectivity index (χ1v) is 35.4. The molecule has 8 N–H and O–H groups in total. The summed E-state index contributed by atoms with van der Waals surface area (Å²) in [5.41, 5.74) is -1.93. The highest BCUT2D eigenvalue weighted by molar-refractivity contribution is 7.98. The minimum absolute atomic E-state index is 0.0969. The summed E-state index contributed by atoms with van der Waals surface area (Å²) < 4.78 is 82.2. The third-order valence-electron chi connectivity index (χ3n) is 15.4. The molecule has 12 atom stereocenters. The predicted molar refractivity (Wildman–Crippen MR) is 337 cm³/mol. The molecule has 92 heavy (non-hydrogen) atoms. The van der Waals surface area contributed by atoms with E-state index in [1.54, 1.807) is 96.9 Å². The first-order chi connectivity index (χ1) is 43.2. The molecule has 3 aliphatic rings. The standard InChI is InChI=1S/C30H50N7O10P.C27H45N6O9PS/c1-9-44-27(39)21(17(3)4)34-48(42,35-22(18(5)6)28(40)45-10-2)46-15-20-24(38)30(8,41)29(47-20)37-16-31-23-25(32-19(7)33-26(23)37)36-11-13-43-14-12-36;1-10-39-24(35)18(14(3)4)31-43(38,32-19(15(5)6)25(36)40-11-2)41-12-17-21(34)27(8,37)26(42-17)33-13-28-20-22(33)29-16(7)30-23(20)44-9/h16-18,20-22,24,29,38,41H,9-15H2,1-8H3,(H2,34,35,42);13-15,17-19,21,26,34,37H,10-12H2,1-9H3,(H2,31,32,38)/t20-,21+,22+,24+,29-,30?;17-,18+,19+,21+,26-,27?/m11/s1. The van der Waals surface area contributed by atoms with Gasteiger partial charge in [0.2, 0.25) is 0 Å². The number of imidazole rings is 2. The number of hydrogen-bond acceptors (Lipinski definition) is 27. The maximum Gasteiger partial charge on any atom is 0.342 e. The average molecular weight is 1360 g/mol. The highest BCUT2D eigenvalue weighted by Crippen LogP contribution is 2.47. The van der Waals surface area contributed by atoms with Crippen molar-refractivity contribution in [3.8, 4) is 0 Å². The van der Waals surface area contributed by atoms with Gasteiger partial charge < -0.3 is 67.5 Å². The quantitative estimate of drug-likeness (QED) is 0.0121. The number of morpholine rings is 1. The van der Waals surface area contributed by atoms with E-state index >= 15 is 0 Å². The number of nitrogens with zero attached hydrogens (tertiary/aromatic N) is 9. The van der Waals surface area contributed by atoms with Gasteiger partial charge in [0.05, 0.1) is 65.5 Å². The summed E-state index contributed by atoms with van der Waals surface area (Å²) in [5, 5.41) is 57.1. The second kappa shape index (κ2) is 32.7. The number of anilines is 1. The van der Waals surface area contributed by atoms with Crippen LogP contribution in [0.2, 0.25) is 0 Å². The van der Waals surface area contributed by atoms with Gasteiger partial charge in [-0.05, 0) is 85.3 Å². The third kappa shape index (κ3) is 17.9. The van der Waals surface area contributed by atoms with Crippen LogP contribution in [0.5, 0.6) is 0 Å². The molecule has 0 saturated carbocycles. The molecule has 32 nitrogen and oxygen atoms in total. The summed E-state index contributed by atoms with van der Waals surface area (Å²) in [6.45, 7) is 28.5. The number of esters is 4. The van der Waals surface area contributed by atoms with Crippen LogP contribution in [0, 0.1) is 37.5 Å². The molecule has 0 aliphatic carbocycles. The summed E-state index contributed by atoms with van der Waals surface area (Å²) in [6.07, 6.45) is -2.97. The Hall–Kier alpha value is -4.93. The summed E-state index contributed by atoms with van der Waals surface area (Å²) in [4.78, 5) is 80.3. The molecular weight excluding hydrogens is 1260 g/mol. The predicted octanol–water partition coefficient (Wildman–Crippen LogP) is 3.81. The number of rotatable bonds is 30. The third-order valence-corrected chi connectivity index (χ3v) is 19.6. The second-order valence-corrected chi connectivity index (χ2v) is 28.7. The summed E-state index contributed by atoms with van der Waals surface area (Å²) in [6, 6.07) is -4.30. The van der Waals surface area contributed by atoms with E-state index < -0.39 is 125 Å². The summed E-state index contributed by atoms with van der Waals surface area (Å²) in [5.74, 6) is -2.56. The molecule has 0 bridgehead atoms. The summed E-state index contributed by atoms with van der Waals surface area (Å²) >= 11 is 1.39. The highest BCUT2D eigenvalue weighted by atomic mass is 32.2. The number of aliphatic hydroxyl groups excluding tert-OH is 2. The SMILES string of the molecule is CCOC(=O)[C@@H](NP(=O)(N[C@H](C(=O)OCC)C(C)C)OC[C@H]1O[C@@H](n2cnc3c(N4CCOCC4)nc(C)nc32)C(C)(O)[C@H]1O)C(C)C.CCOC(=O)[C@@H](NP(=O)(N[C@H](C(=O)OCC)C(C)C)OC[C@H]1O[C@@H](n2cnc3c(SC)nc(C)nc32)C(C)(O)[C@H]1O)C(C)C. The lowest BCUT2D eigenvalue weighted by Gasteiger charge is -2.31. The highest BCUT2D eigenvalue weighted by Gasteiger charge is 2.56. The van der Waals surface area contributed by atoms with Crippen molar-refractivity contribution < 1.29 is 90.9 Å². The number of aryl methyl sites for hydroxylation is 2. The minimum atomic E-state index is -4.29. The molecule has 3 saturated heterocycles. The van der Waals surface area contributed by atoms with E-state index in [4.69, 9.17) is 42.2 Å². The van der Waals surface area contributed by atoms with Crippen molar-refractivity contribution in [3.63, 3.8) is 0 Å². The first-order valence-electron chi connectivity index (χ1n) is 30.9. The molecule has 4 aromatic rings. The van der Waals surface area contributed by atoms with Crippen LogP contribution >= 0.6 is 27.1 Å². The molecule has 0 aromatic carbocycles. The van der Waals surface area contributed by atoms with Crippen LogP contribution in [0.3, 0.4) is 0 Å². The van der Waals surface area contributed by atoms with Gasteiger partial charge in [0.25, 0.3) is 0 Å². The Kier molecular flexibility index (Phi) is 27.0. The van der Waals surface area contributed by atoms with Crippen molar-refractivity contribution in [3.05, 3.63) is 24.3 Å². The van der Waals surface area contributed by atoms with Gasteiger partial charge in [-0.1, -0.05) is 55.4 Å². The zero-order valence-corrected chi connectivity index (χ0v) is 58.2. The smallest absolute Gasteiger partial charge is 0.342 e. The summed E-state index contributed by atoms with van der Waals surface area (Å²) in [7, 11) is -8.56. The van der Waals surface area contributed by atoms with E-state index in [0.717, 1.165) is 0 Å². The maximum absolute atomic E-state index is 14.5. The molecule has 518 valence electrons. The Balaban J connectivity index is 0.000000293. The van der Waals surface area contributed by atoms with Gasteiger partial charge in [0.1, 0.15) is 82.0 Å². The van der Waals surface area contributed by atoms with Gasteiger partial charge in [-0.2, -0.15) is 0 Å². The zero-order valence-electron chi connectivity index (χ0n) is 55.5. The van der Waals surface area contributed by atoms with Gasteiger partial charge in [-0.3, -0.25) is 37.4 Å². The molecule has 0 spiro atoms. The van der Waals surface area contributed by atoms with Gasteiger partial charge in [0, 0.05) is 13.1 Å². The molecule has 0 radical (unpaired) electrons. The van der Waals surface area contributed by atoms with Crippen LogP contribution in [0.1, 0.15) is 121 Å². The van der Waals surface area contributed by atoms with Crippen molar-refractivity contribution in [1.82, 2.24) is 59.4 Å². The number of carbonyl (C=O) groups excluding carboxylic acids is 4. The fourth-order valence-corrected chi connectivity index (χ4v) is 15.2. The van der Waals surface area contributed by atoms with E-state index in [1.807, 2.05) is 6.26 Å². The van der Waals surface area contributed by atoms with Crippen molar-refractivity contribution in [2.45, 2.75) is 188 Å². The van der Waals surface area contributed by atoms with Crippen LogP contribution < -0.4 is 25.2 Å². The number of aromatic nitrogens is 8. The Morgan fingerprint density at radius 2 is 0.935 bits per heavy atom. The number of carbonyl (C=O) groups is 4. The van der Waals surface area contributed by atoms with Crippen molar-refractivity contribution in [2.75, 3.05) is 77.1 Å². The Labute approximate surface area is 540 Å². The lowest BCUT2D eigenvalue weighted by Crippen LogP contribution is -2.49.